The summed E-state index contributed by atoms with van der Waals surface area (Å²) in [6, 6.07) is 3.86. The van der Waals surface area contributed by atoms with E-state index < -0.39 is 0 Å². The Hall–Kier alpha value is -2.45. The van der Waals surface area contributed by atoms with E-state index in [4.69, 9.17) is 0 Å². The summed E-state index contributed by atoms with van der Waals surface area (Å²) in [5.74, 6) is 0.324. The lowest BCUT2D eigenvalue weighted by Crippen LogP contribution is -2.44. The molecule has 1 saturated heterocycles. The van der Waals surface area contributed by atoms with Gasteiger partial charge in [-0.25, -0.2) is 4.98 Å². The summed E-state index contributed by atoms with van der Waals surface area (Å²) in [6.45, 7) is 5.68. The molecule has 3 N–H and O–H groups in total. The van der Waals surface area contributed by atoms with Crippen molar-refractivity contribution in [3.8, 4) is 0 Å². The van der Waals surface area contributed by atoms with E-state index in [-0.39, 0.29) is 5.91 Å². The zero-order valence-electron chi connectivity index (χ0n) is 14.4. The number of anilines is 2. The van der Waals surface area contributed by atoms with Gasteiger partial charge in [0, 0.05) is 56.9 Å². The van der Waals surface area contributed by atoms with Crippen LogP contribution in [0.5, 0.6) is 0 Å². The highest BCUT2D eigenvalue weighted by Crippen LogP contribution is 2.19. The van der Waals surface area contributed by atoms with Crippen molar-refractivity contribution in [3.63, 3.8) is 0 Å². The number of carbonyl (C=O) groups is 1. The van der Waals surface area contributed by atoms with Crippen LogP contribution < -0.4 is 15.5 Å². The van der Waals surface area contributed by atoms with E-state index >= 15 is 0 Å². The molecular formula is C17H23N7O. The normalized spacial score (nSPS) is 18.0. The fourth-order valence-electron chi connectivity index (χ4n) is 3.30. The van der Waals surface area contributed by atoms with Gasteiger partial charge in [-0.1, -0.05) is 0 Å². The molecule has 2 aliphatic rings. The largest absolute Gasteiger partial charge is 0.368 e. The molecule has 0 bridgehead atoms. The van der Waals surface area contributed by atoms with E-state index in [0.29, 0.717) is 18.1 Å². The molecule has 8 nitrogen and oxygen atoms in total. The maximum atomic E-state index is 12.5. The lowest BCUT2D eigenvalue weighted by atomic mass is 10.1. The molecule has 0 aliphatic carbocycles. The first-order chi connectivity index (χ1) is 12.2. The number of piperazine rings is 1. The molecule has 0 saturated carbocycles. The van der Waals surface area contributed by atoms with Crippen molar-refractivity contribution in [1.82, 2.24) is 25.4 Å². The summed E-state index contributed by atoms with van der Waals surface area (Å²) >= 11 is 0. The van der Waals surface area contributed by atoms with Crippen molar-refractivity contribution >= 4 is 17.4 Å². The minimum Gasteiger partial charge on any atom is -0.368 e. The molecule has 2 aromatic rings. The van der Waals surface area contributed by atoms with Gasteiger partial charge in [-0.3, -0.25) is 9.89 Å². The zero-order chi connectivity index (χ0) is 17.2. The molecule has 2 aliphatic heterocycles. The van der Waals surface area contributed by atoms with Crippen LogP contribution in [-0.2, 0) is 13.0 Å². The second-order valence-electron chi connectivity index (χ2n) is 6.60. The zero-order valence-corrected chi connectivity index (χ0v) is 14.4. The minimum atomic E-state index is -0.221. The summed E-state index contributed by atoms with van der Waals surface area (Å²) < 4.78 is 0. The second-order valence-corrected chi connectivity index (χ2v) is 6.60. The van der Waals surface area contributed by atoms with Gasteiger partial charge in [-0.05, 0) is 19.2 Å². The van der Waals surface area contributed by atoms with Gasteiger partial charge in [0.1, 0.15) is 5.82 Å². The lowest BCUT2D eigenvalue weighted by molar-refractivity contribution is 0.102. The van der Waals surface area contributed by atoms with Crippen LogP contribution in [0.3, 0.4) is 0 Å². The number of rotatable bonds is 3. The molecule has 0 spiro atoms. The Morgan fingerprint density at radius 2 is 2.08 bits per heavy atom. The fourth-order valence-corrected chi connectivity index (χ4v) is 3.30. The smallest absolute Gasteiger partial charge is 0.277 e. The summed E-state index contributed by atoms with van der Waals surface area (Å²) in [5, 5.41) is 13.3. The number of aromatic nitrogens is 3. The Kier molecular flexibility index (Phi) is 4.37. The monoisotopic (exact) mass is 341 g/mol. The number of pyridine rings is 1. The van der Waals surface area contributed by atoms with Gasteiger partial charge >= 0.3 is 0 Å². The van der Waals surface area contributed by atoms with E-state index in [0.717, 1.165) is 56.1 Å². The van der Waals surface area contributed by atoms with Crippen molar-refractivity contribution in [2.75, 3.05) is 50.0 Å². The van der Waals surface area contributed by atoms with E-state index in [1.807, 2.05) is 18.3 Å². The highest BCUT2D eigenvalue weighted by Gasteiger charge is 2.22. The molecule has 2 aromatic heterocycles. The van der Waals surface area contributed by atoms with Gasteiger partial charge in [0.25, 0.3) is 5.91 Å². The maximum absolute atomic E-state index is 12.5. The number of fused-ring (bicyclic) bond motifs is 1. The van der Waals surface area contributed by atoms with E-state index in [1.165, 1.54) is 0 Å². The lowest BCUT2D eigenvalue weighted by Gasteiger charge is -2.33. The van der Waals surface area contributed by atoms with Crippen LogP contribution in [0.15, 0.2) is 18.3 Å². The summed E-state index contributed by atoms with van der Waals surface area (Å²) in [7, 11) is 2.14. The Morgan fingerprint density at radius 3 is 2.84 bits per heavy atom. The standard InChI is InChI=1S/C17H23N7O/c1-23-6-8-24(9-7-23)12-2-3-15(19-10-12)20-17(25)16-13-11-18-5-4-14(13)21-22-16/h2-3,10,18H,4-9,11H2,1H3,(H,21,22)(H,19,20,25). The van der Waals surface area contributed by atoms with Gasteiger partial charge in [-0.2, -0.15) is 5.10 Å². The van der Waals surface area contributed by atoms with E-state index in [9.17, 15) is 4.79 Å². The predicted octanol–water partition coefficient (Wildman–Crippen LogP) is 0.455. The molecule has 1 amide bonds. The number of nitrogens with one attached hydrogen (secondary N) is 3. The molecule has 132 valence electrons. The number of amides is 1. The average Bonchev–Trinajstić information content (AvgIpc) is 3.07. The first-order valence-corrected chi connectivity index (χ1v) is 8.68. The van der Waals surface area contributed by atoms with Crippen molar-refractivity contribution < 1.29 is 4.79 Å². The van der Waals surface area contributed by atoms with E-state index in [1.54, 1.807) is 0 Å². The predicted molar refractivity (Wildman–Crippen MR) is 95.9 cm³/mol. The highest BCUT2D eigenvalue weighted by atomic mass is 16.2. The van der Waals surface area contributed by atoms with Crippen molar-refractivity contribution in [1.29, 1.82) is 0 Å². The highest BCUT2D eigenvalue weighted by molar-refractivity contribution is 6.03. The summed E-state index contributed by atoms with van der Waals surface area (Å²) in [6.07, 6.45) is 2.69. The third-order valence-electron chi connectivity index (χ3n) is 4.88. The van der Waals surface area contributed by atoms with Crippen LogP contribution in [0.1, 0.15) is 21.7 Å². The Balaban J connectivity index is 1.42. The first kappa shape index (κ1) is 16.0. The van der Waals surface area contributed by atoms with E-state index in [2.05, 4.69) is 42.7 Å². The Bertz CT molecular complexity index is 747. The van der Waals surface area contributed by atoms with Gasteiger partial charge in [0.05, 0.1) is 11.9 Å². The second kappa shape index (κ2) is 6.81. The maximum Gasteiger partial charge on any atom is 0.277 e. The van der Waals surface area contributed by atoms with Gasteiger partial charge in [0.2, 0.25) is 0 Å². The Morgan fingerprint density at radius 1 is 1.24 bits per heavy atom. The van der Waals surface area contributed by atoms with Crippen LogP contribution in [-0.4, -0.2) is 65.8 Å². The number of likely N-dealkylation sites (N-methyl/N-ethyl adjacent to an activating group) is 1. The van der Waals surface area contributed by atoms with Crippen LogP contribution >= 0.6 is 0 Å². The van der Waals surface area contributed by atoms with Gasteiger partial charge in [0.15, 0.2) is 5.69 Å². The molecule has 4 heterocycles. The number of hydrogen-bond acceptors (Lipinski definition) is 6. The molecule has 0 atom stereocenters. The van der Waals surface area contributed by atoms with Crippen LogP contribution in [0.25, 0.3) is 0 Å². The van der Waals surface area contributed by atoms with Crippen molar-refractivity contribution in [2.45, 2.75) is 13.0 Å². The summed E-state index contributed by atoms with van der Waals surface area (Å²) in [4.78, 5) is 21.5. The molecule has 25 heavy (non-hydrogen) atoms. The van der Waals surface area contributed by atoms with Gasteiger partial charge in [-0.15, -0.1) is 0 Å². The summed E-state index contributed by atoms with van der Waals surface area (Å²) in [5.41, 5.74) is 3.54. The van der Waals surface area contributed by atoms with Crippen LogP contribution in [0, 0.1) is 0 Å². The topological polar surface area (TPSA) is 89.2 Å². The van der Waals surface area contributed by atoms with Crippen LogP contribution in [0.2, 0.25) is 0 Å². The molecule has 4 rings (SSSR count). The van der Waals surface area contributed by atoms with Crippen LogP contribution in [0.4, 0.5) is 11.5 Å². The molecule has 0 unspecified atom stereocenters. The number of hydrogen-bond donors (Lipinski definition) is 3. The quantitative estimate of drug-likeness (QED) is 0.751. The molecule has 8 heteroatoms. The number of H-pyrrole nitrogens is 1. The third-order valence-corrected chi connectivity index (χ3v) is 4.88. The first-order valence-electron chi connectivity index (χ1n) is 8.68. The Labute approximate surface area is 146 Å². The minimum absolute atomic E-state index is 0.221. The number of nitrogens with zero attached hydrogens (tertiary/aromatic N) is 4. The average molecular weight is 341 g/mol. The molecular weight excluding hydrogens is 318 g/mol. The molecule has 0 aromatic carbocycles. The molecule has 0 radical (unpaired) electrons. The number of carbonyl (C=O) groups excluding carboxylic acids is 1. The SMILES string of the molecule is CN1CCN(c2ccc(NC(=O)c3n[nH]c4c3CNCC4)nc2)CC1. The van der Waals surface area contributed by atoms with Gasteiger partial charge < -0.3 is 20.4 Å². The third kappa shape index (κ3) is 3.35. The fraction of sp³-hybridized carbons (Fsp3) is 0.471. The molecule has 1 fully saturated rings. The van der Waals surface area contributed by atoms with Crippen molar-refractivity contribution in [2.24, 2.45) is 0 Å². The van der Waals surface area contributed by atoms with Crippen molar-refractivity contribution in [3.05, 3.63) is 35.3 Å². The number of aromatic amines is 1.